The van der Waals surface area contributed by atoms with E-state index < -0.39 is 5.63 Å². The summed E-state index contributed by atoms with van der Waals surface area (Å²) in [5.41, 5.74) is 5.14. The molecule has 0 saturated heterocycles. The molecule has 0 atom stereocenters. The van der Waals surface area contributed by atoms with Crippen molar-refractivity contribution >= 4 is 49.6 Å². The number of nitrogens with zero attached hydrogens (tertiary/aromatic N) is 2. The second kappa shape index (κ2) is 8.64. The topological polar surface area (TPSA) is 87.7 Å². The smallest absolute Gasteiger partial charge is 0.345 e. The molecule has 0 aliphatic heterocycles. The van der Waals surface area contributed by atoms with Crippen LogP contribution >= 0.6 is 27.3 Å². The molecular weight excluding hydrogens is 466 g/mol. The standard InChI is InChI=1S/C22H16BrN3O3S/c1-2-4-13-5-3-6-14(20(13)27)11-24-26-22-25-18(12-30-22)17-10-15-9-16(23)7-8-19(15)29-21(17)28/h2-3,5-12,27H,1,4H2,(H,25,26)/b24-11-. The lowest BCUT2D eigenvalue weighted by Gasteiger charge is -2.04. The van der Waals surface area contributed by atoms with Gasteiger partial charge in [0.05, 0.1) is 17.5 Å². The van der Waals surface area contributed by atoms with E-state index in [4.69, 9.17) is 4.42 Å². The number of anilines is 1. The number of benzene rings is 2. The van der Waals surface area contributed by atoms with Crippen LogP contribution in [0, 0.1) is 0 Å². The Kier molecular flexibility index (Phi) is 5.78. The number of thiazole rings is 1. The summed E-state index contributed by atoms with van der Waals surface area (Å²) in [6, 6.07) is 12.6. The number of nitrogens with one attached hydrogen (secondary N) is 1. The fraction of sp³-hybridized carbons (Fsp3) is 0.0455. The monoisotopic (exact) mass is 481 g/mol. The molecular formula is C22H16BrN3O3S. The molecule has 2 N–H and O–H groups in total. The molecule has 8 heteroatoms. The van der Waals surface area contributed by atoms with Crippen LogP contribution in [0.3, 0.4) is 0 Å². The molecule has 4 rings (SSSR count). The summed E-state index contributed by atoms with van der Waals surface area (Å²) >= 11 is 4.73. The highest BCUT2D eigenvalue weighted by molar-refractivity contribution is 9.10. The van der Waals surface area contributed by atoms with Gasteiger partial charge in [0.15, 0.2) is 0 Å². The van der Waals surface area contributed by atoms with Gasteiger partial charge < -0.3 is 9.52 Å². The number of aromatic nitrogens is 1. The predicted molar refractivity (Wildman–Crippen MR) is 125 cm³/mol. The van der Waals surface area contributed by atoms with E-state index in [2.05, 4.69) is 38.0 Å². The highest BCUT2D eigenvalue weighted by Gasteiger charge is 2.12. The molecule has 0 bridgehead atoms. The maximum absolute atomic E-state index is 12.4. The number of para-hydroxylation sites is 1. The molecule has 0 radical (unpaired) electrons. The SMILES string of the molecule is C=CCc1cccc(/C=N\Nc2nc(-c3cc4cc(Br)ccc4oc3=O)cs2)c1O. The molecule has 150 valence electrons. The van der Waals surface area contributed by atoms with Crippen molar-refractivity contribution in [1.29, 1.82) is 0 Å². The molecule has 0 amide bonds. The van der Waals surface area contributed by atoms with Crippen molar-refractivity contribution in [2.24, 2.45) is 5.10 Å². The third kappa shape index (κ3) is 4.19. The maximum Gasteiger partial charge on any atom is 0.345 e. The van der Waals surface area contributed by atoms with Crippen LogP contribution in [0.4, 0.5) is 5.13 Å². The van der Waals surface area contributed by atoms with Crippen molar-refractivity contribution in [3.8, 4) is 17.0 Å². The van der Waals surface area contributed by atoms with Crippen molar-refractivity contribution in [2.45, 2.75) is 6.42 Å². The Morgan fingerprint density at radius 1 is 1.30 bits per heavy atom. The van der Waals surface area contributed by atoms with Crippen LogP contribution in [-0.4, -0.2) is 16.3 Å². The number of phenolic OH excluding ortho intramolecular Hbond substituents is 1. The lowest BCUT2D eigenvalue weighted by Crippen LogP contribution is -2.03. The second-order valence-corrected chi connectivity index (χ2v) is 8.16. The van der Waals surface area contributed by atoms with Gasteiger partial charge in [0, 0.05) is 20.8 Å². The minimum Gasteiger partial charge on any atom is -0.507 e. The summed E-state index contributed by atoms with van der Waals surface area (Å²) < 4.78 is 6.29. The van der Waals surface area contributed by atoms with Gasteiger partial charge in [-0.3, -0.25) is 5.43 Å². The first-order chi connectivity index (χ1) is 14.5. The lowest BCUT2D eigenvalue weighted by molar-refractivity contribution is 0.469. The van der Waals surface area contributed by atoms with Crippen LogP contribution < -0.4 is 11.1 Å². The Balaban J connectivity index is 1.55. The van der Waals surface area contributed by atoms with Crippen LogP contribution in [0.1, 0.15) is 11.1 Å². The van der Waals surface area contributed by atoms with Gasteiger partial charge in [-0.05, 0) is 42.3 Å². The number of rotatable bonds is 6. The van der Waals surface area contributed by atoms with Gasteiger partial charge in [-0.25, -0.2) is 9.78 Å². The van der Waals surface area contributed by atoms with Crippen molar-refractivity contribution in [2.75, 3.05) is 5.43 Å². The minimum absolute atomic E-state index is 0.169. The number of phenols is 1. The van der Waals surface area contributed by atoms with E-state index in [0.717, 1.165) is 15.4 Å². The van der Waals surface area contributed by atoms with Crippen LogP contribution in [0.2, 0.25) is 0 Å². The van der Waals surface area contributed by atoms with E-state index in [1.807, 2.05) is 24.3 Å². The van der Waals surface area contributed by atoms with E-state index in [1.165, 1.54) is 17.6 Å². The molecule has 0 spiro atoms. The number of allylic oxidation sites excluding steroid dienone is 1. The first kappa shape index (κ1) is 20.1. The molecule has 2 aromatic carbocycles. The third-order valence-corrected chi connectivity index (χ3v) is 5.59. The summed E-state index contributed by atoms with van der Waals surface area (Å²) in [5.74, 6) is 0.169. The molecule has 2 aromatic heterocycles. The van der Waals surface area contributed by atoms with Gasteiger partial charge in [-0.2, -0.15) is 5.10 Å². The van der Waals surface area contributed by atoms with Crippen molar-refractivity contribution in [1.82, 2.24) is 4.98 Å². The summed E-state index contributed by atoms with van der Waals surface area (Å²) in [7, 11) is 0. The fourth-order valence-corrected chi connectivity index (χ4v) is 3.95. The first-order valence-electron chi connectivity index (χ1n) is 8.95. The number of fused-ring (bicyclic) bond motifs is 1. The summed E-state index contributed by atoms with van der Waals surface area (Å²) in [5, 5.41) is 17.5. The summed E-state index contributed by atoms with van der Waals surface area (Å²) in [6.07, 6.45) is 3.82. The second-order valence-electron chi connectivity index (χ2n) is 6.39. The van der Waals surface area contributed by atoms with Crippen molar-refractivity contribution in [3.05, 3.63) is 86.5 Å². The third-order valence-electron chi connectivity index (χ3n) is 4.35. The molecule has 0 fully saturated rings. The Bertz CT molecular complexity index is 1330. The average Bonchev–Trinajstić information content (AvgIpc) is 3.19. The predicted octanol–water partition coefficient (Wildman–Crippen LogP) is 5.56. The lowest BCUT2D eigenvalue weighted by atomic mass is 10.1. The highest BCUT2D eigenvalue weighted by Crippen LogP contribution is 2.27. The number of hydrazone groups is 1. The molecule has 0 aliphatic rings. The van der Waals surface area contributed by atoms with Crippen LogP contribution in [0.5, 0.6) is 5.75 Å². The van der Waals surface area contributed by atoms with Gasteiger partial charge in [0.1, 0.15) is 11.3 Å². The molecule has 2 heterocycles. The van der Waals surface area contributed by atoms with Crippen molar-refractivity contribution < 1.29 is 9.52 Å². The average molecular weight is 482 g/mol. The Morgan fingerprint density at radius 2 is 2.17 bits per heavy atom. The van der Waals surface area contributed by atoms with E-state index >= 15 is 0 Å². The summed E-state index contributed by atoms with van der Waals surface area (Å²) in [6.45, 7) is 3.69. The molecule has 30 heavy (non-hydrogen) atoms. The van der Waals surface area contributed by atoms with Gasteiger partial charge >= 0.3 is 5.63 Å². The normalized spacial score (nSPS) is 11.2. The first-order valence-corrected chi connectivity index (χ1v) is 10.6. The largest absolute Gasteiger partial charge is 0.507 e. The van der Waals surface area contributed by atoms with Crippen LogP contribution in [0.25, 0.3) is 22.2 Å². The zero-order valence-corrected chi connectivity index (χ0v) is 18.0. The molecule has 0 aliphatic carbocycles. The number of halogens is 1. The quantitative estimate of drug-likeness (QED) is 0.163. The van der Waals surface area contributed by atoms with Crippen molar-refractivity contribution in [3.63, 3.8) is 0 Å². The van der Waals surface area contributed by atoms with E-state index in [9.17, 15) is 9.90 Å². The van der Waals surface area contributed by atoms with Gasteiger partial charge in [0.2, 0.25) is 5.13 Å². The maximum atomic E-state index is 12.4. The van der Waals surface area contributed by atoms with Crippen LogP contribution in [0.15, 0.2) is 79.3 Å². The molecule has 4 aromatic rings. The summed E-state index contributed by atoms with van der Waals surface area (Å²) in [4.78, 5) is 16.8. The highest BCUT2D eigenvalue weighted by atomic mass is 79.9. The number of hydrogen-bond donors (Lipinski definition) is 2. The molecule has 6 nitrogen and oxygen atoms in total. The zero-order valence-electron chi connectivity index (χ0n) is 15.6. The Morgan fingerprint density at radius 3 is 3.00 bits per heavy atom. The number of aromatic hydroxyl groups is 1. The Labute approximate surface area is 184 Å². The van der Waals surface area contributed by atoms with E-state index in [0.29, 0.717) is 34.0 Å². The molecule has 0 saturated carbocycles. The van der Waals surface area contributed by atoms with E-state index in [-0.39, 0.29) is 5.75 Å². The minimum atomic E-state index is -0.450. The number of hydrogen-bond acceptors (Lipinski definition) is 7. The zero-order chi connectivity index (χ0) is 21.1. The molecule has 0 unspecified atom stereocenters. The van der Waals surface area contributed by atoms with Gasteiger partial charge in [-0.15, -0.1) is 17.9 Å². The Hall–Kier alpha value is -3.23. The van der Waals surface area contributed by atoms with Crippen LogP contribution in [-0.2, 0) is 6.42 Å². The van der Waals surface area contributed by atoms with Gasteiger partial charge in [0.25, 0.3) is 0 Å². The fourth-order valence-electron chi connectivity index (χ4n) is 2.91. The van der Waals surface area contributed by atoms with Gasteiger partial charge in [-0.1, -0.05) is 34.1 Å². The van der Waals surface area contributed by atoms with E-state index in [1.54, 1.807) is 29.7 Å².